The van der Waals surface area contributed by atoms with Gasteiger partial charge in [-0.05, 0) is 31.2 Å². The van der Waals surface area contributed by atoms with Crippen LogP contribution in [0.4, 0.5) is 15.9 Å². The first-order valence-corrected chi connectivity index (χ1v) is 10.9. The van der Waals surface area contributed by atoms with Crippen LogP contribution >= 0.6 is 23.2 Å². The van der Waals surface area contributed by atoms with Gasteiger partial charge >= 0.3 is 0 Å². The second-order valence-electron chi connectivity index (χ2n) is 7.77. The number of β-amino-alcohol motifs (C(OH)–C–C–N with tert-alkyl or cyclic N) is 1. The molecule has 3 heterocycles. The summed E-state index contributed by atoms with van der Waals surface area (Å²) < 4.78 is 19.7. The Hall–Kier alpha value is -3.45. The minimum Gasteiger partial charge on any atom is -0.486 e. The molecule has 0 radical (unpaired) electrons. The van der Waals surface area contributed by atoms with Crippen molar-refractivity contribution in [2.24, 2.45) is 0 Å². The van der Waals surface area contributed by atoms with Crippen molar-refractivity contribution in [3.05, 3.63) is 74.9 Å². The summed E-state index contributed by atoms with van der Waals surface area (Å²) in [4.78, 5) is 9.60. The number of nitrogens with one attached hydrogen (secondary N) is 1. The highest BCUT2D eigenvalue weighted by molar-refractivity contribution is 6.35. The molecule has 0 bridgehead atoms. The molecule has 34 heavy (non-hydrogen) atoms. The predicted molar refractivity (Wildman–Crippen MR) is 127 cm³/mol. The molecule has 0 spiro atoms. The van der Waals surface area contributed by atoms with Gasteiger partial charge < -0.3 is 20.5 Å². The Balaban J connectivity index is 1.61. The Kier molecular flexibility index (Phi) is 6.57. The lowest BCUT2D eigenvalue weighted by Crippen LogP contribution is -2.51. The number of hydrogen-bond donors (Lipinski definition) is 3. The molecule has 2 aromatic heterocycles. The number of nitrogens with two attached hydrogens (primary N) is 1. The average molecular weight is 501 g/mol. The topological polar surface area (TPSA) is 132 Å². The van der Waals surface area contributed by atoms with Crippen LogP contribution in [-0.4, -0.2) is 40.0 Å². The van der Waals surface area contributed by atoms with E-state index < -0.39 is 18.2 Å². The minimum absolute atomic E-state index is 0.0424. The summed E-state index contributed by atoms with van der Waals surface area (Å²) in [6.45, 7) is 2.46. The van der Waals surface area contributed by atoms with Crippen LogP contribution in [0.5, 0.6) is 5.75 Å². The molecular formula is C23H19Cl2FN6O2. The maximum Gasteiger partial charge on any atom is 0.232 e. The van der Waals surface area contributed by atoms with E-state index >= 15 is 0 Å². The van der Waals surface area contributed by atoms with E-state index in [0.717, 1.165) is 6.20 Å². The number of nitrogens with zero attached hydrogens (tertiary/aromatic N) is 4. The molecule has 3 aromatic rings. The molecule has 11 heteroatoms. The minimum atomic E-state index is -0.853. The van der Waals surface area contributed by atoms with E-state index in [2.05, 4.69) is 16.0 Å². The number of halogens is 3. The summed E-state index contributed by atoms with van der Waals surface area (Å²) in [5.41, 5.74) is 7.77. The molecule has 4 N–H and O–H groups in total. The van der Waals surface area contributed by atoms with Gasteiger partial charge in [-0.1, -0.05) is 23.2 Å². The molecule has 0 saturated carbocycles. The first-order valence-electron chi connectivity index (χ1n) is 10.2. The number of hydrogen-bond acceptors (Lipinski definition) is 8. The van der Waals surface area contributed by atoms with Gasteiger partial charge in [0.25, 0.3) is 0 Å². The van der Waals surface area contributed by atoms with E-state index in [1.165, 1.54) is 6.20 Å². The van der Waals surface area contributed by atoms with Crippen molar-refractivity contribution in [1.82, 2.24) is 9.97 Å². The number of nitrogen functional groups attached to an aromatic ring is 1. The standard InChI is InChI=1S/C23H19Cl2FN6O2/c1-11(19-17(24)8-30-22(26)20(19)25)34-15-2-3-18(28)16(5-15)21(29)13-4-12(6-27)23(31-7-13)32-9-14(33)10-32/h2-5,7-8,11,14,29,33H,9-10,28H2,1H3. The van der Waals surface area contributed by atoms with Crippen molar-refractivity contribution in [2.75, 3.05) is 23.7 Å². The van der Waals surface area contributed by atoms with Gasteiger partial charge in [0.1, 0.15) is 28.8 Å². The van der Waals surface area contributed by atoms with Crippen LogP contribution in [0, 0.1) is 22.7 Å². The molecule has 174 valence electrons. The Morgan fingerprint density at radius 2 is 2.06 bits per heavy atom. The van der Waals surface area contributed by atoms with E-state index in [0.29, 0.717) is 41.5 Å². The quantitative estimate of drug-likeness (QED) is 0.263. The van der Waals surface area contributed by atoms with Gasteiger partial charge in [0.05, 0.1) is 22.4 Å². The van der Waals surface area contributed by atoms with Crippen molar-refractivity contribution in [3.8, 4) is 11.8 Å². The molecule has 1 saturated heterocycles. The second-order valence-corrected chi connectivity index (χ2v) is 8.56. The van der Waals surface area contributed by atoms with Gasteiger partial charge in [-0.3, -0.25) is 5.41 Å². The number of aliphatic hydroxyl groups excluding tert-OH is 1. The molecule has 1 aliphatic heterocycles. The van der Waals surface area contributed by atoms with E-state index in [1.54, 1.807) is 36.1 Å². The van der Waals surface area contributed by atoms with Crippen LogP contribution < -0.4 is 15.4 Å². The summed E-state index contributed by atoms with van der Waals surface area (Å²) >= 11 is 12.2. The van der Waals surface area contributed by atoms with Gasteiger partial charge in [-0.25, -0.2) is 9.97 Å². The van der Waals surface area contributed by atoms with Crippen LogP contribution in [0.15, 0.2) is 36.7 Å². The highest BCUT2D eigenvalue weighted by Gasteiger charge is 2.28. The second kappa shape index (κ2) is 9.43. The van der Waals surface area contributed by atoms with Crippen LogP contribution in [-0.2, 0) is 0 Å². The number of anilines is 2. The largest absolute Gasteiger partial charge is 0.486 e. The smallest absolute Gasteiger partial charge is 0.232 e. The monoisotopic (exact) mass is 500 g/mol. The fourth-order valence-corrected chi connectivity index (χ4v) is 4.28. The van der Waals surface area contributed by atoms with E-state index in [-0.39, 0.29) is 26.9 Å². The number of nitriles is 1. The Morgan fingerprint density at radius 1 is 1.32 bits per heavy atom. The summed E-state index contributed by atoms with van der Waals surface area (Å²) in [5, 5.41) is 27.7. The van der Waals surface area contributed by atoms with Crippen molar-refractivity contribution < 1.29 is 14.2 Å². The number of ether oxygens (including phenoxy) is 1. The molecular weight excluding hydrogens is 482 g/mol. The third-order valence-corrected chi connectivity index (χ3v) is 6.08. The third kappa shape index (κ3) is 4.48. The Bertz CT molecular complexity index is 1320. The Labute approximate surface area is 204 Å². The zero-order valence-electron chi connectivity index (χ0n) is 17.9. The highest BCUT2D eigenvalue weighted by Crippen LogP contribution is 2.35. The lowest BCUT2D eigenvalue weighted by Gasteiger charge is -2.37. The average Bonchev–Trinajstić information content (AvgIpc) is 2.80. The van der Waals surface area contributed by atoms with Gasteiger partial charge in [0, 0.05) is 47.9 Å². The third-order valence-electron chi connectivity index (χ3n) is 5.42. The number of benzene rings is 1. The number of aliphatic hydroxyl groups is 1. The molecule has 1 atom stereocenters. The molecule has 1 aromatic carbocycles. The predicted octanol–water partition coefficient (Wildman–Crippen LogP) is 4.11. The van der Waals surface area contributed by atoms with Gasteiger partial charge in [0.15, 0.2) is 0 Å². The first kappa shape index (κ1) is 23.7. The molecule has 8 nitrogen and oxygen atoms in total. The van der Waals surface area contributed by atoms with Gasteiger partial charge in [-0.2, -0.15) is 9.65 Å². The number of aromatic nitrogens is 2. The van der Waals surface area contributed by atoms with Crippen molar-refractivity contribution in [1.29, 1.82) is 10.7 Å². The van der Waals surface area contributed by atoms with Crippen molar-refractivity contribution >= 4 is 40.4 Å². The molecule has 1 unspecified atom stereocenters. The van der Waals surface area contributed by atoms with Crippen LogP contribution in [0.2, 0.25) is 10.0 Å². The fourth-order valence-electron chi connectivity index (χ4n) is 3.63. The van der Waals surface area contributed by atoms with Gasteiger partial charge in [0.2, 0.25) is 5.95 Å². The van der Waals surface area contributed by atoms with Crippen molar-refractivity contribution in [2.45, 2.75) is 19.1 Å². The van der Waals surface area contributed by atoms with Crippen LogP contribution in [0.3, 0.4) is 0 Å². The Morgan fingerprint density at radius 3 is 2.74 bits per heavy atom. The molecule has 1 aliphatic rings. The molecule has 0 aliphatic carbocycles. The van der Waals surface area contributed by atoms with E-state index in [4.69, 9.17) is 39.1 Å². The lowest BCUT2D eigenvalue weighted by molar-refractivity contribution is 0.141. The summed E-state index contributed by atoms with van der Waals surface area (Å²) in [6, 6.07) is 8.41. The van der Waals surface area contributed by atoms with Gasteiger partial charge in [-0.15, -0.1) is 0 Å². The normalized spacial score (nSPS) is 14.3. The maximum atomic E-state index is 13.8. The van der Waals surface area contributed by atoms with Crippen LogP contribution in [0.25, 0.3) is 0 Å². The first-order chi connectivity index (χ1) is 16.2. The summed E-state index contributed by atoms with van der Waals surface area (Å²) in [7, 11) is 0. The van der Waals surface area contributed by atoms with E-state index in [9.17, 15) is 14.8 Å². The zero-order chi connectivity index (χ0) is 24.6. The maximum absolute atomic E-state index is 13.8. The molecule has 0 amide bonds. The molecule has 4 rings (SSSR count). The fraction of sp³-hybridized carbons (Fsp3) is 0.217. The summed E-state index contributed by atoms with van der Waals surface area (Å²) in [5.74, 6) is -0.0414. The van der Waals surface area contributed by atoms with E-state index in [1.807, 2.05) is 0 Å². The highest BCUT2D eigenvalue weighted by atomic mass is 35.5. The van der Waals surface area contributed by atoms with Crippen LogP contribution in [0.1, 0.15) is 35.3 Å². The number of pyridine rings is 2. The number of rotatable bonds is 6. The molecule has 1 fully saturated rings. The SMILES string of the molecule is CC(Oc1ccc(N)c(C(=N)c2cnc(N3CC(O)C3)c(C#N)c2)c1)c1c(Cl)cnc(F)c1Cl. The zero-order valence-corrected chi connectivity index (χ0v) is 19.4. The van der Waals surface area contributed by atoms with Crippen molar-refractivity contribution in [3.63, 3.8) is 0 Å². The summed E-state index contributed by atoms with van der Waals surface area (Å²) in [6.07, 6.45) is 1.48. The lowest BCUT2D eigenvalue weighted by atomic mass is 10.00.